The van der Waals surface area contributed by atoms with Crippen LogP contribution in [0.25, 0.3) is 0 Å². The van der Waals surface area contributed by atoms with Gasteiger partial charge in [-0.05, 0) is 13.0 Å². The second kappa shape index (κ2) is 7.17. The first kappa shape index (κ1) is 15.5. The van der Waals surface area contributed by atoms with Crippen molar-refractivity contribution in [1.29, 1.82) is 0 Å². The third-order valence-electron chi connectivity index (χ3n) is 2.48. The largest absolute Gasteiger partial charge is 0.493 e. The molecule has 0 fully saturated rings. The molecule has 1 rings (SSSR count). The first-order chi connectivity index (χ1) is 9.53. The molecule has 1 aromatic carbocycles. The maximum Gasteiger partial charge on any atom is 0.407 e. The molecule has 0 saturated heterocycles. The van der Waals surface area contributed by atoms with Gasteiger partial charge in [0, 0.05) is 0 Å². The molecular formula is C12H16N2O6. The molecular weight excluding hydrogens is 268 g/mol. The Bertz CT molecular complexity index is 503. The lowest BCUT2D eigenvalue weighted by atomic mass is 10.1. The van der Waals surface area contributed by atoms with Crippen molar-refractivity contribution in [2.24, 2.45) is 0 Å². The number of rotatable bonds is 6. The Morgan fingerprint density at radius 3 is 2.40 bits per heavy atom. The Balaban J connectivity index is 3.03. The van der Waals surface area contributed by atoms with Crippen LogP contribution in [-0.2, 0) is 11.3 Å². The summed E-state index contributed by atoms with van der Waals surface area (Å²) < 4.78 is 14.8. The number of nitrogens with one attached hydrogen (secondary N) is 1. The van der Waals surface area contributed by atoms with Crippen molar-refractivity contribution in [2.75, 3.05) is 20.8 Å². The van der Waals surface area contributed by atoms with Crippen molar-refractivity contribution in [3.8, 4) is 11.5 Å². The van der Waals surface area contributed by atoms with Gasteiger partial charge in [0.2, 0.25) is 0 Å². The highest BCUT2D eigenvalue weighted by Crippen LogP contribution is 2.34. The molecule has 20 heavy (non-hydrogen) atoms. The molecule has 0 aliphatic heterocycles. The number of amides is 1. The van der Waals surface area contributed by atoms with E-state index in [4.69, 9.17) is 9.47 Å². The second-order valence-electron chi connectivity index (χ2n) is 3.67. The zero-order valence-corrected chi connectivity index (χ0v) is 11.5. The molecule has 0 bridgehead atoms. The fourth-order valence-corrected chi connectivity index (χ4v) is 1.57. The summed E-state index contributed by atoms with van der Waals surface area (Å²) in [6.07, 6.45) is -0.642. The SMILES string of the molecule is CCOC(=O)NCc1cc(OC)c(OC)cc1[N+](=O)[O-]. The Labute approximate surface area is 115 Å². The number of nitrogens with zero attached hydrogens (tertiary/aromatic N) is 1. The molecule has 0 radical (unpaired) electrons. The molecule has 0 saturated carbocycles. The Kier molecular flexibility index (Phi) is 5.57. The number of methoxy groups -OCH3 is 2. The quantitative estimate of drug-likeness (QED) is 0.632. The minimum atomic E-state index is -0.642. The molecule has 0 heterocycles. The van der Waals surface area contributed by atoms with Crippen LogP contribution < -0.4 is 14.8 Å². The van der Waals surface area contributed by atoms with Crippen LogP contribution in [0.2, 0.25) is 0 Å². The van der Waals surface area contributed by atoms with E-state index in [-0.39, 0.29) is 24.6 Å². The Morgan fingerprint density at radius 1 is 1.30 bits per heavy atom. The number of carbonyl (C=O) groups excluding carboxylic acids is 1. The number of benzene rings is 1. The standard InChI is InChI=1S/C12H16N2O6/c1-4-20-12(15)13-7-8-5-10(18-2)11(19-3)6-9(8)14(16)17/h5-6H,4,7H2,1-3H3,(H,13,15). The van der Waals surface area contributed by atoms with E-state index in [2.05, 4.69) is 10.1 Å². The Morgan fingerprint density at radius 2 is 1.90 bits per heavy atom. The number of nitro groups is 1. The smallest absolute Gasteiger partial charge is 0.407 e. The number of alkyl carbamates (subject to hydrolysis) is 1. The highest BCUT2D eigenvalue weighted by atomic mass is 16.6. The van der Waals surface area contributed by atoms with Crippen LogP contribution in [0.15, 0.2) is 12.1 Å². The summed E-state index contributed by atoms with van der Waals surface area (Å²) >= 11 is 0. The van der Waals surface area contributed by atoms with Crippen LogP contribution in [0.5, 0.6) is 11.5 Å². The van der Waals surface area contributed by atoms with Gasteiger partial charge < -0.3 is 19.5 Å². The number of nitro benzene ring substituents is 1. The summed E-state index contributed by atoms with van der Waals surface area (Å²) in [5.74, 6) is 0.595. The van der Waals surface area contributed by atoms with Gasteiger partial charge in [-0.2, -0.15) is 0 Å². The summed E-state index contributed by atoms with van der Waals surface area (Å²) in [6.45, 7) is 1.84. The van der Waals surface area contributed by atoms with Gasteiger partial charge in [0.05, 0.1) is 43.9 Å². The minimum Gasteiger partial charge on any atom is -0.493 e. The van der Waals surface area contributed by atoms with Crippen molar-refractivity contribution in [1.82, 2.24) is 5.32 Å². The summed E-state index contributed by atoms with van der Waals surface area (Å²) in [4.78, 5) is 21.7. The molecule has 1 amide bonds. The van der Waals surface area contributed by atoms with E-state index < -0.39 is 11.0 Å². The van der Waals surface area contributed by atoms with E-state index in [1.165, 1.54) is 26.4 Å². The zero-order valence-electron chi connectivity index (χ0n) is 11.5. The predicted octanol–water partition coefficient (Wildman–Crippen LogP) is 1.86. The number of hydrogen-bond donors (Lipinski definition) is 1. The van der Waals surface area contributed by atoms with Gasteiger partial charge in [0.1, 0.15) is 0 Å². The van der Waals surface area contributed by atoms with Crippen LogP contribution in [-0.4, -0.2) is 31.8 Å². The van der Waals surface area contributed by atoms with Gasteiger partial charge in [-0.1, -0.05) is 0 Å². The lowest BCUT2D eigenvalue weighted by molar-refractivity contribution is -0.385. The molecule has 8 nitrogen and oxygen atoms in total. The fraction of sp³-hybridized carbons (Fsp3) is 0.417. The molecule has 0 aromatic heterocycles. The lowest BCUT2D eigenvalue weighted by Crippen LogP contribution is -2.24. The van der Waals surface area contributed by atoms with Crippen LogP contribution in [0, 0.1) is 10.1 Å². The van der Waals surface area contributed by atoms with Gasteiger partial charge in [0.25, 0.3) is 5.69 Å². The fourth-order valence-electron chi connectivity index (χ4n) is 1.57. The summed E-state index contributed by atoms with van der Waals surface area (Å²) in [7, 11) is 2.81. The number of carbonyl (C=O) groups is 1. The van der Waals surface area contributed by atoms with E-state index in [0.717, 1.165) is 0 Å². The lowest BCUT2D eigenvalue weighted by Gasteiger charge is -2.11. The third-order valence-corrected chi connectivity index (χ3v) is 2.48. The van der Waals surface area contributed by atoms with Crippen molar-refractivity contribution < 1.29 is 23.9 Å². The van der Waals surface area contributed by atoms with Gasteiger partial charge in [-0.3, -0.25) is 10.1 Å². The maximum absolute atomic E-state index is 11.2. The van der Waals surface area contributed by atoms with E-state index >= 15 is 0 Å². The average molecular weight is 284 g/mol. The maximum atomic E-state index is 11.2. The zero-order chi connectivity index (χ0) is 15.1. The molecule has 0 aliphatic carbocycles. The monoisotopic (exact) mass is 284 g/mol. The van der Waals surface area contributed by atoms with E-state index in [1.54, 1.807) is 6.92 Å². The first-order valence-electron chi connectivity index (χ1n) is 5.83. The van der Waals surface area contributed by atoms with Crippen LogP contribution in [0.4, 0.5) is 10.5 Å². The first-order valence-corrected chi connectivity index (χ1v) is 5.83. The Hall–Kier alpha value is -2.51. The van der Waals surface area contributed by atoms with E-state index in [1.807, 2.05) is 0 Å². The van der Waals surface area contributed by atoms with Gasteiger partial charge >= 0.3 is 6.09 Å². The van der Waals surface area contributed by atoms with Crippen molar-refractivity contribution in [3.05, 3.63) is 27.8 Å². The minimum absolute atomic E-state index is 0.0461. The highest BCUT2D eigenvalue weighted by molar-refractivity contribution is 5.67. The molecule has 110 valence electrons. The predicted molar refractivity (Wildman–Crippen MR) is 70.1 cm³/mol. The van der Waals surface area contributed by atoms with Crippen LogP contribution in [0.1, 0.15) is 12.5 Å². The molecule has 0 unspecified atom stereocenters. The average Bonchev–Trinajstić information content (AvgIpc) is 2.44. The molecule has 0 spiro atoms. The molecule has 1 aromatic rings. The molecule has 0 aliphatic rings. The second-order valence-corrected chi connectivity index (χ2v) is 3.67. The van der Waals surface area contributed by atoms with Gasteiger partial charge in [0.15, 0.2) is 11.5 Å². The highest BCUT2D eigenvalue weighted by Gasteiger charge is 2.19. The summed E-state index contributed by atoms with van der Waals surface area (Å²) in [6, 6.07) is 2.70. The van der Waals surface area contributed by atoms with Crippen molar-refractivity contribution >= 4 is 11.8 Å². The van der Waals surface area contributed by atoms with Gasteiger partial charge in [-0.15, -0.1) is 0 Å². The summed E-state index contributed by atoms with van der Waals surface area (Å²) in [5, 5.41) is 13.4. The molecule has 8 heteroatoms. The van der Waals surface area contributed by atoms with E-state index in [9.17, 15) is 14.9 Å². The van der Waals surface area contributed by atoms with E-state index in [0.29, 0.717) is 11.3 Å². The van der Waals surface area contributed by atoms with Gasteiger partial charge in [-0.25, -0.2) is 4.79 Å². The topological polar surface area (TPSA) is 99.9 Å². The van der Waals surface area contributed by atoms with Crippen LogP contribution in [0.3, 0.4) is 0 Å². The molecule has 1 N–H and O–H groups in total. The third kappa shape index (κ3) is 3.74. The van der Waals surface area contributed by atoms with Crippen molar-refractivity contribution in [3.63, 3.8) is 0 Å². The number of hydrogen-bond acceptors (Lipinski definition) is 6. The molecule has 0 atom stereocenters. The van der Waals surface area contributed by atoms with Crippen molar-refractivity contribution in [2.45, 2.75) is 13.5 Å². The normalized spacial score (nSPS) is 9.75. The number of ether oxygens (including phenoxy) is 3. The summed E-state index contributed by atoms with van der Waals surface area (Å²) in [5.41, 5.74) is 0.125. The van der Waals surface area contributed by atoms with Crippen LogP contribution >= 0.6 is 0 Å².